The summed E-state index contributed by atoms with van der Waals surface area (Å²) in [5.74, 6) is 0.425. The van der Waals surface area contributed by atoms with Gasteiger partial charge in [0.15, 0.2) is 0 Å². The molecule has 0 unspecified atom stereocenters. The Labute approximate surface area is 146 Å². The lowest BCUT2D eigenvalue weighted by Gasteiger charge is -2.32. The first kappa shape index (κ1) is 16.8. The number of amides is 2. The SMILES string of the molecule is COc1cccc(NC(=O)C[C@@H]2c3ccccc3C=CN2C(C)=O)c1. The molecular weight excluding hydrogens is 316 g/mol. The fourth-order valence-electron chi connectivity index (χ4n) is 3.00. The molecular formula is C20H20N2O3. The van der Waals surface area contributed by atoms with Gasteiger partial charge in [0.05, 0.1) is 19.6 Å². The fraction of sp³-hybridized carbons (Fsp3) is 0.200. The van der Waals surface area contributed by atoms with Crippen molar-refractivity contribution in [1.82, 2.24) is 4.90 Å². The molecule has 1 heterocycles. The number of nitrogens with zero attached hydrogens (tertiary/aromatic N) is 1. The Kier molecular flexibility index (Phi) is 4.84. The Morgan fingerprint density at radius 1 is 1.16 bits per heavy atom. The molecule has 2 aromatic rings. The molecule has 0 fully saturated rings. The van der Waals surface area contributed by atoms with Gasteiger partial charge in [-0.3, -0.25) is 9.59 Å². The lowest BCUT2D eigenvalue weighted by Crippen LogP contribution is -2.33. The maximum atomic E-state index is 12.5. The molecule has 0 aromatic heterocycles. The van der Waals surface area contributed by atoms with Crippen LogP contribution in [0.1, 0.15) is 30.5 Å². The number of nitrogens with one attached hydrogen (secondary N) is 1. The van der Waals surface area contributed by atoms with E-state index in [0.717, 1.165) is 11.1 Å². The molecule has 5 heteroatoms. The maximum Gasteiger partial charge on any atom is 0.226 e. The van der Waals surface area contributed by atoms with Crippen LogP contribution in [0, 0.1) is 0 Å². The van der Waals surface area contributed by atoms with Crippen LogP contribution in [0.2, 0.25) is 0 Å². The molecule has 0 saturated heterocycles. The molecule has 25 heavy (non-hydrogen) atoms. The number of ether oxygens (including phenoxy) is 1. The maximum absolute atomic E-state index is 12.5. The minimum absolute atomic E-state index is 0.0927. The van der Waals surface area contributed by atoms with Crippen molar-refractivity contribution in [3.8, 4) is 5.75 Å². The van der Waals surface area contributed by atoms with Gasteiger partial charge in [0.2, 0.25) is 11.8 Å². The molecule has 3 rings (SSSR count). The third kappa shape index (κ3) is 3.71. The minimum Gasteiger partial charge on any atom is -0.497 e. The van der Waals surface area contributed by atoms with E-state index in [1.807, 2.05) is 42.5 Å². The molecule has 0 bridgehead atoms. The molecule has 0 radical (unpaired) electrons. The van der Waals surface area contributed by atoms with Gasteiger partial charge >= 0.3 is 0 Å². The highest BCUT2D eigenvalue weighted by Crippen LogP contribution is 2.33. The first-order chi connectivity index (χ1) is 12.1. The standard InChI is InChI=1S/C20H20N2O3/c1-14(23)22-11-10-15-6-3-4-9-18(15)19(22)13-20(24)21-16-7-5-8-17(12-16)25-2/h3-12,19H,13H2,1-2H3,(H,21,24)/t19-/m1/s1. The Morgan fingerprint density at radius 3 is 2.72 bits per heavy atom. The highest BCUT2D eigenvalue weighted by atomic mass is 16.5. The number of rotatable bonds is 4. The van der Waals surface area contributed by atoms with Gasteiger partial charge in [-0.1, -0.05) is 30.3 Å². The Bertz CT molecular complexity index is 829. The van der Waals surface area contributed by atoms with E-state index >= 15 is 0 Å². The van der Waals surface area contributed by atoms with E-state index in [9.17, 15) is 9.59 Å². The fourth-order valence-corrected chi connectivity index (χ4v) is 3.00. The average Bonchev–Trinajstić information content (AvgIpc) is 2.61. The van der Waals surface area contributed by atoms with Gasteiger partial charge in [0, 0.05) is 24.9 Å². The van der Waals surface area contributed by atoms with Gasteiger partial charge in [-0.15, -0.1) is 0 Å². The van der Waals surface area contributed by atoms with Gasteiger partial charge in [-0.2, -0.15) is 0 Å². The lowest BCUT2D eigenvalue weighted by molar-refractivity contribution is -0.129. The molecule has 1 aliphatic heterocycles. The van der Waals surface area contributed by atoms with Crippen LogP contribution in [0.25, 0.3) is 6.08 Å². The van der Waals surface area contributed by atoms with Crippen LogP contribution in [0.5, 0.6) is 5.75 Å². The zero-order valence-electron chi connectivity index (χ0n) is 14.2. The summed E-state index contributed by atoms with van der Waals surface area (Å²) in [7, 11) is 1.58. The van der Waals surface area contributed by atoms with Gasteiger partial charge in [-0.05, 0) is 29.3 Å². The second kappa shape index (κ2) is 7.21. The number of fused-ring (bicyclic) bond motifs is 1. The van der Waals surface area contributed by atoms with Gasteiger partial charge in [-0.25, -0.2) is 0 Å². The van der Waals surface area contributed by atoms with Crippen LogP contribution in [0.3, 0.4) is 0 Å². The highest BCUT2D eigenvalue weighted by Gasteiger charge is 2.28. The van der Waals surface area contributed by atoms with Crippen molar-refractivity contribution in [3.05, 3.63) is 65.9 Å². The van der Waals surface area contributed by atoms with Crippen molar-refractivity contribution in [3.63, 3.8) is 0 Å². The summed E-state index contributed by atoms with van der Waals surface area (Å²) >= 11 is 0. The van der Waals surface area contributed by atoms with E-state index in [2.05, 4.69) is 5.32 Å². The molecule has 128 valence electrons. The summed E-state index contributed by atoms with van der Waals surface area (Å²) in [6.45, 7) is 1.51. The quantitative estimate of drug-likeness (QED) is 0.928. The number of hydrogen-bond acceptors (Lipinski definition) is 3. The van der Waals surface area contributed by atoms with E-state index in [-0.39, 0.29) is 24.3 Å². The zero-order chi connectivity index (χ0) is 17.8. The van der Waals surface area contributed by atoms with Gasteiger partial charge < -0.3 is 15.0 Å². The van der Waals surface area contributed by atoms with Crippen molar-refractivity contribution in [2.75, 3.05) is 12.4 Å². The lowest BCUT2D eigenvalue weighted by atomic mass is 9.93. The first-order valence-corrected chi connectivity index (χ1v) is 8.08. The molecule has 2 aromatic carbocycles. The van der Waals surface area contributed by atoms with E-state index in [4.69, 9.17) is 4.74 Å². The van der Waals surface area contributed by atoms with Crippen LogP contribution < -0.4 is 10.1 Å². The predicted octanol–water partition coefficient (Wildman–Crippen LogP) is 3.60. The van der Waals surface area contributed by atoms with Crippen LogP contribution in [-0.2, 0) is 9.59 Å². The molecule has 1 aliphatic rings. The minimum atomic E-state index is -0.315. The number of hydrogen-bond donors (Lipinski definition) is 1. The topological polar surface area (TPSA) is 58.6 Å². The van der Waals surface area contributed by atoms with Crippen molar-refractivity contribution in [1.29, 1.82) is 0 Å². The predicted molar refractivity (Wildman–Crippen MR) is 97.0 cm³/mol. The Hall–Kier alpha value is -3.08. The molecule has 1 N–H and O–H groups in total. The first-order valence-electron chi connectivity index (χ1n) is 8.08. The second-order valence-electron chi connectivity index (χ2n) is 5.87. The van der Waals surface area contributed by atoms with E-state index in [1.54, 1.807) is 30.3 Å². The Morgan fingerprint density at radius 2 is 1.96 bits per heavy atom. The molecule has 5 nitrogen and oxygen atoms in total. The summed E-state index contributed by atoms with van der Waals surface area (Å²) in [6.07, 6.45) is 3.82. The summed E-state index contributed by atoms with van der Waals surface area (Å²) in [6, 6.07) is 14.7. The molecule has 1 atom stereocenters. The summed E-state index contributed by atoms with van der Waals surface area (Å²) in [4.78, 5) is 26.1. The van der Waals surface area contributed by atoms with E-state index < -0.39 is 0 Å². The van der Waals surface area contributed by atoms with Crippen LogP contribution in [0.15, 0.2) is 54.7 Å². The second-order valence-corrected chi connectivity index (χ2v) is 5.87. The zero-order valence-corrected chi connectivity index (χ0v) is 14.2. The number of methoxy groups -OCH3 is 1. The van der Waals surface area contributed by atoms with Crippen molar-refractivity contribution in [2.45, 2.75) is 19.4 Å². The molecule has 2 amide bonds. The number of carbonyl (C=O) groups is 2. The summed E-state index contributed by atoms with van der Waals surface area (Å²) in [5.41, 5.74) is 2.67. The molecule has 0 aliphatic carbocycles. The van der Waals surface area contributed by atoms with Crippen LogP contribution in [0.4, 0.5) is 5.69 Å². The molecule has 0 spiro atoms. The van der Waals surface area contributed by atoms with E-state index in [0.29, 0.717) is 11.4 Å². The van der Waals surface area contributed by atoms with Crippen LogP contribution >= 0.6 is 0 Å². The molecule has 0 saturated carbocycles. The van der Waals surface area contributed by atoms with Gasteiger partial charge in [0.1, 0.15) is 5.75 Å². The van der Waals surface area contributed by atoms with Crippen molar-refractivity contribution >= 4 is 23.6 Å². The number of anilines is 1. The Balaban J connectivity index is 1.80. The monoisotopic (exact) mass is 336 g/mol. The summed E-state index contributed by atoms with van der Waals surface area (Å²) in [5, 5.41) is 2.87. The van der Waals surface area contributed by atoms with Crippen molar-refractivity contribution < 1.29 is 14.3 Å². The van der Waals surface area contributed by atoms with Crippen molar-refractivity contribution in [2.24, 2.45) is 0 Å². The average molecular weight is 336 g/mol. The summed E-state index contributed by atoms with van der Waals surface area (Å²) < 4.78 is 5.17. The highest BCUT2D eigenvalue weighted by molar-refractivity contribution is 5.92. The van der Waals surface area contributed by atoms with Crippen LogP contribution in [-0.4, -0.2) is 23.8 Å². The third-order valence-corrected chi connectivity index (χ3v) is 4.20. The largest absolute Gasteiger partial charge is 0.497 e. The normalized spacial score (nSPS) is 15.4. The number of carbonyl (C=O) groups excluding carboxylic acids is 2. The third-order valence-electron chi connectivity index (χ3n) is 4.20. The smallest absolute Gasteiger partial charge is 0.226 e. The number of benzene rings is 2. The van der Waals surface area contributed by atoms with E-state index in [1.165, 1.54) is 6.92 Å². The van der Waals surface area contributed by atoms with Gasteiger partial charge in [0.25, 0.3) is 0 Å².